The lowest BCUT2D eigenvalue weighted by Gasteiger charge is -2.21. The Morgan fingerprint density at radius 1 is 1.29 bits per heavy atom. The first-order valence-electron chi connectivity index (χ1n) is 10.8. The maximum absolute atomic E-state index is 14.2. The molecular formula is C23H24FN5O5. The molecule has 2 aliphatic heterocycles. The summed E-state index contributed by atoms with van der Waals surface area (Å²) in [5.74, 6) is -1.48. The first kappa shape index (κ1) is 23.2. The number of aliphatic hydroxyl groups is 1. The number of aromatic nitrogens is 2. The van der Waals surface area contributed by atoms with Gasteiger partial charge in [-0.15, -0.1) is 0 Å². The summed E-state index contributed by atoms with van der Waals surface area (Å²) >= 11 is 0. The average Bonchev–Trinajstić information content (AvgIpc) is 3.20. The Morgan fingerprint density at radius 2 is 2.03 bits per heavy atom. The van der Waals surface area contributed by atoms with Crippen LogP contribution in [-0.2, 0) is 29.2 Å². The Hall–Kier alpha value is -3.99. The SMILES string of the molecule is CC.CNC(=O)NCc1c2c(nc3cc(F)c(N)cc13)-c1cc3c(c(=O)n1C2)COC(=O)C3O. The monoisotopic (exact) mass is 469 g/mol. The van der Waals surface area contributed by atoms with Crippen molar-refractivity contribution in [2.45, 2.75) is 39.6 Å². The van der Waals surface area contributed by atoms with Crippen molar-refractivity contribution < 1.29 is 23.8 Å². The first-order valence-corrected chi connectivity index (χ1v) is 10.8. The molecule has 0 fully saturated rings. The molecular weight excluding hydrogens is 445 g/mol. The number of nitrogens with two attached hydrogens (primary N) is 1. The van der Waals surface area contributed by atoms with E-state index in [0.29, 0.717) is 33.4 Å². The molecule has 11 heteroatoms. The quantitative estimate of drug-likeness (QED) is 0.258. The zero-order chi connectivity index (χ0) is 24.7. The maximum Gasteiger partial charge on any atom is 0.340 e. The largest absolute Gasteiger partial charge is 0.458 e. The number of ether oxygens (including phenoxy) is 1. The van der Waals surface area contributed by atoms with Gasteiger partial charge in [0.1, 0.15) is 12.4 Å². The van der Waals surface area contributed by atoms with Crippen LogP contribution in [0.2, 0.25) is 0 Å². The van der Waals surface area contributed by atoms with E-state index in [1.165, 1.54) is 29.8 Å². The van der Waals surface area contributed by atoms with Crippen LogP contribution in [0, 0.1) is 5.82 Å². The molecule has 178 valence electrons. The maximum atomic E-state index is 14.2. The number of nitrogens with zero attached hydrogens (tertiary/aromatic N) is 2. The van der Waals surface area contributed by atoms with Gasteiger partial charge in [-0.25, -0.2) is 19.0 Å². The number of hydrogen-bond donors (Lipinski definition) is 4. The predicted molar refractivity (Wildman–Crippen MR) is 122 cm³/mol. The molecule has 0 saturated carbocycles. The van der Waals surface area contributed by atoms with Gasteiger partial charge in [0.2, 0.25) is 0 Å². The molecule has 10 nitrogen and oxygen atoms in total. The van der Waals surface area contributed by atoms with Crippen molar-refractivity contribution in [2.24, 2.45) is 0 Å². The Labute approximate surface area is 193 Å². The molecule has 3 aromatic rings. The van der Waals surface area contributed by atoms with Crippen LogP contribution in [0.5, 0.6) is 0 Å². The molecule has 2 aliphatic rings. The van der Waals surface area contributed by atoms with E-state index in [9.17, 15) is 23.9 Å². The number of pyridine rings is 2. The van der Waals surface area contributed by atoms with E-state index < -0.39 is 29.5 Å². The molecule has 0 saturated heterocycles. The third-order valence-electron chi connectivity index (χ3n) is 5.85. The van der Waals surface area contributed by atoms with Gasteiger partial charge in [-0.05, 0) is 17.7 Å². The number of carbonyl (C=O) groups is 2. The highest BCUT2D eigenvalue weighted by molar-refractivity contribution is 5.91. The zero-order valence-corrected chi connectivity index (χ0v) is 18.9. The van der Waals surface area contributed by atoms with E-state index in [2.05, 4.69) is 15.6 Å². The number of urea groups is 1. The molecule has 5 N–H and O–H groups in total. The van der Waals surface area contributed by atoms with E-state index in [1.54, 1.807) is 0 Å². The van der Waals surface area contributed by atoms with Gasteiger partial charge in [-0.3, -0.25) is 4.79 Å². The molecule has 0 bridgehead atoms. The third kappa shape index (κ3) is 3.54. The molecule has 0 radical (unpaired) electrons. The van der Waals surface area contributed by atoms with Gasteiger partial charge < -0.3 is 30.8 Å². The number of nitrogens with one attached hydrogen (secondary N) is 2. The smallest absolute Gasteiger partial charge is 0.340 e. The van der Waals surface area contributed by atoms with E-state index in [-0.39, 0.29) is 36.5 Å². The summed E-state index contributed by atoms with van der Waals surface area (Å²) in [5.41, 5.74) is 8.02. The van der Waals surface area contributed by atoms with E-state index in [4.69, 9.17) is 10.5 Å². The fourth-order valence-electron chi connectivity index (χ4n) is 4.21. The fourth-order valence-corrected chi connectivity index (χ4v) is 4.21. The number of fused-ring (bicyclic) bond motifs is 5. The van der Waals surface area contributed by atoms with Crippen molar-refractivity contribution in [3.63, 3.8) is 0 Å². The predicted octanol–water partition coefficient (Wildman–Crippen LogP) is 1.69. The number of cyclic esters (lactones) is 1. The van der Waals surface area contributed by atoms with Crippen LogP contribution >= 0.6 is 0 Å². The van der Waals surface area contributed by atoms with Crippen LogP contribution in [-0.4, -0.2) is 33.7 Å². The summed E-state index contributed by atoms with van der Waals surface area (Å²) in [7, 11) is 1.48. The van der Waals surface area contributed by atoms with Crippen LogP contribution in [0.3, 0.4) is 0 Å². The van der Waals surface area contributed by atoms with Crippen molar-refractivity contribution >= 4 is 28.6 Å². The van der Waals surface area contributed by atoms with Crippen molar-refractivity contribution in [3.05, 3.63) is 56.6 Å². The summed E-state index contributed by atoms with van der Waals surface area (Å²) in [4.78, 5) is 41.3. The van der Waals surface area contributed by atoms with Crippen LogP contribution in [0.1, 0.15) is 42.2 Å². The van der Waals surface area contributed by atoms with Crippen molar-refractivity contribution in [1.82, 2.24) is 20.2 Å². The minimum atomic E-state index is -1.58. The standard InChI is InChI=1S/C21H18FN5O5.C2H6/c1-24-21(31)25-5-10-8-2-14(23)13(22)4-15(8)26-17-11(10)6-27-16(17)3-9-12(19(27)29)7-32-20(30)18(9)28;1-2/h2-4,18,28H,5-7,23H2,1H3,(H2,24,25,31);1-2H3. The lowest BCUT2D eigenvalue weighted by molar-refractivity contribution is -0.157. The van der Waals surface area contributed by atoms with E-state index in [1.807, 2.05) is 13.8 Å². The number of esters is 1. The second-order valence-corrected chi connectivity index (χ2v) is 7.61. The molecule has 34 heavy (non-hydrogen) atoms. The number of hydrogen-bond acceptors (Lipinski definition) is 7. The van der Waals surface area contributed by atoms with Gasteiger partial charge in [0, 0.05) is 36.2 Å². The second kappa shape index (κ2) is 8.75. The molecule has 1 aromatic carbocycles. The molecule has 1 unspecified atom stereocenters. The lowest BCUT2D eigenvalue weighted by Crippen LogP contribution is -2.33. The number of carbonyl (C=O) groups excluding carboxylic acids is 2. The van der Waals surface area contributed by atoms with Crippen molar-refractivity contribution in [3.8, 4) is 11.4 Å². The topological polar surface area (TPSA) is 149 Å². The second-order valence-electron chi connectivity index (χ2n) is 7.61. The molecule has 4 heterocycles. The van der Waals surface area contributed by atoms with E-state index >= 15 is 0 Å². The van der Waals surface area contributed by atoms with Gasteiger partial charge in [-0.1, -0.05) is 13.8 Å². The minimum absolute atomic E-state index is 0.0673. The van der Waals surface area contributed by atoms with Gasteiger partial charge in [0.25, 0.3) is 5.56 Å². The average molecular weight is 469 g/mol. The molecule has 2 amide bonds. The highest BCUT2D eigenvalue weighted by Crippen LogP contribution is 2.38. The number of rotatable bonds is 2. The van der Waals surface area contributed by atoms with Crippen molar-refractivity contribution in [1.29, 1.82) is 0 Å². The van der Waals surface area contributed by atoms with E-state index in [0.717, 1.165) is 0 Å². The number of amides is 2. The summed E-state index contributed by atoms with van der Waals surface area (Å²) in [5, 5.41) is 16.0. The Kier molecular flexibility index (Phi) is 5.96. The minimum Gasteiger partial charge on any atom is -0.458 e. The normalized spacial score (nSPS) is 15.4. The Balaban J connectivity index is 0.00000133. The molecule has 5 rings (SSSR count). The summed E-state index contributed by atoms with van der Waals surface area (Å²) in [6.07, 6.45) is -1.58. The fraction of sp³-hybridized carbons (Fsp3) is 0.304. The molecule has 0 spiro atoms. The third-order valence-corrected chi connectivity index (χ3v) is 5.85. The number of halogens is 1. The van der Waals surface area contributed by atoms with Gasteiger partial charge in [-0.2, -0.15) is 0 Å². The zero-order valence-electron chi connectivity index (χ0n) is 18.9. The highest BCUT2D eigenvalue weighted by Gasteiger charge is 2.34. The highest BCUT2D eigenvalue weighted by atomic mass is 19.1. The van der Waals surface area contributed by atoms with Gasteiger partial charge in [0.15, 0.2) is 6.10 Å². The summed E-state index contributed by atoms with van der Waals surface area (Å²) < 4.78 is 20.6. The van der Waals surface area contributed by atoms with Crippen molar-refractivity contribution in [2.75, 3.05) is 12.8 Å². The number of benzene rings is 1. The number of aliphatic hydroxyl groups excluding tert-OH is 1. The summed E-state index contributed by atoms with van der Waals surface area (Å²) in [6, 6.07) is 3.77. The Morgan fingerprint density at radius 3 is 2.74 bits per heavy atom. The van der Waals surface area contributed by atoms with Crippen LogP contribution < -0.4 is 21.9 Å². The number of anilines is 1. The first-order chi connectivity index (χ1) is 16.3. The summed E-state index contributed by atoms with van der Waals surface area (Å²) in [6.45, 7) is 3.99. The van der Waals surface area contributed by atoms with Gasteiger partial charge in [0.05, 0.1) is 34.7 Å². The van der Waals surface area contributed by atoms with Crippen LogP contribution in [0.15, 0.2) is 23.0 Å². The van der Waals surface area contributed by atoms with Crippen LogP contribution in [0.4, 0.5) is 14.9 Å². The number of nitrogen functional groups attached to an aromatic ring is 1. The molecule has 2 aromatic heterocycles. The Bertz CT molecular complexity index is 1400. The molecule has 0 aliphatic carbocycles. The van der Waals surface area contributed by atoms with Gasteiger partial charge >= 0.3 is 12.0 Å². The molecule has 1 atom stereocenters. The van der Waals surface area contributed by atoms with Crippen LogP contribution in [0.25, 0.3) is 22.3 Å². The lowest BCUT2D eigenvalue weighted by atomic mass is 9.98.